The maximum atomic E-state index is 11.6. The van der Waals surface area contributed by atoms with E-state index in [2.05, 4.69) is 4.72 Å². The molecule has 0 saturated heterocycles. The van der Waals surface area contributed by atoms with Gasteiger partial charge in [0.05, 0.1) is 6.10 Å². The van der Waals surface area contributed by atoms with Gasteiger partial charge in [-0.1, -0.05) is 0 Å². The van der Waals surface area contributed by atoms with Crippen LogP contribution in [0.3, 0.4) is 0 Å². The van der Waals surface area contributed by atoms with Crippen LogP contribution < -0.4 is 4.72 Å². The lowest BCUT2D eigenvalue weighted by Gasteiger charge is -2.25. The fourth-order valence-corrected chi connectivity index (χ4v) is 2.28. The van der Waals surface area contributed by atoms with E-state index in [1.807, 2.05) is 0 Å². The zero-order chi connectivity index (χ0) is 11.6. The molecule has 14 heavy (non-hydrogen) atoms. The van der Waals surface area contributed by atoms with E-state index in [0.717, 1.165) is 4.31 Å². The van der Waals surface area contributed by atoms with E-state index in [9.17, 15) is 8.42 Å². The molecule has 86 valence electrons. The summed E-state index contributed by atoms with van der Waals surface area (Å²) in [6.07, 6.45) is -0.670. The van der Waals surface area contributed by atoms with E-state index >= 15 is 0 Å². The van der Waals surface area contributed by atoms with E-state index in [1.165, 1.54) is 7.05 Å². The molecule has 0 fully saturated rings. The molecule has 0 aromatic rings. The molecule has 6 heteroatoms. The molecule has 0 amide bonds. The summed E-state index contributed by atoms with van der Waals surface area (Å²) in [4.78, 5) is 0. The van der Waals surface area contributed by atoms with Crippen LogP contribution in [0.1, 0.15) is 27.7 Å². The summed E-state index contributed by atoms with van der Waals surface area (Å²) in [6, 6.07) is 0. The van der Waals surface area contributed by atoms with Crippen LogP contribution in [0.5, 0.6) is 0 Å². The Hall–Kier alpha value is -0.170. The van der Waals surface area contributed by atoms with E-state index in [1.54, 1.807) is 27.7 Å². The summed E-state index contributed by atoms with van der Waals surface area (Å²) in [5, 5.41) is 9.05. The van der Waals surface area contributed by atoms with Crippen molar-refractivity contribution >= 4 is 10.2 Å². The second-order valence-electron chi connectivity index (χ2n) is 4.49. The Kier molecular flexibility index (Phi) is 4.51. The normalized spacial score (nSPS) is 15.9. The van der Waals surface area contributed by atoms with Gasteiger partial charge in [-0.15, -0.1) is 0 Å². The summed E-state index contributed by atoms with van der Waals surface area (Å²) in [7, 11) is -2.06. The quantitative estimate of drug-likeness (QED) is 0.702. The lowest BCUT2D eigenvalue weighted by atomic mass is 10.1. The third-order valence-corrected chi connectivity index (χ3v) is 3.21. The zero-order valence-corrected chi connectivity index (χ0v) is 10.2. The van der Waals surface area contributed by atoms with E-state index in [0.29, 0.717) is 0 Å². The van der Waals surface area contributed by atoms with Gasteiger partial charge in [0.2, 0.25) is 0 Å². The second-order valence-corrected chi connectivity index (χ2v) is 6.26. The van der Waals surface area contributed by atoms with Crippen molar-refractivity contribution in [2.75, 3.05) is 13.6 Å². The summed E-state index contributed by atoms with van der Waals surface area (Å²) < 4.78 is 26.8. The van der Waals surface area contributed by atoms with Gasteiger partial charge < -0.3 is 5.11 Å². The first kappa shape index (κ1) is 13.8. The summed E-state index contributed by atoms with van der Waals surface area (Å²) in [5.41, 5.74) is -0.508. The Balaban J connectivity index is 4.48. The molecule has 0 radical (unpaired) electrons. The van der Waals surface area contributed by atoms with Gasteiger partial charge >= 0.3 is 0 Å². The number of hydrogen-bond donors (Lipinski definition) is 2. The predicted molar refractivity (Wildman–Crippen MR) is 56.1 cm³/mol. The third kappa shape index (κ3) is 5.54. The SMILES string of the molecule is CC(O)CN(C)S(=O)(=O)NC(C)(C)C. The average molecular weight is 224 g/mol. The van der Waals surface area contributed by atoms with Crippen LogP contribution in [0.2, 0.25) is 0 Å². The molecular weight excluding hydrogens is 204 g/mol. The van der Waals surface area contributed by atoms with E-state index in [-0.39, 0.29) is 6.54 Å². The molecule has 0 aliphatic carbocycles. The van der Waals surface area contributed by atoms with Crippen molar-refractivity contribution in [3.8, 4) is 0 Å². The minimum Gasteiger partial charge on any atom is -0.392 e. The highest BCUT2D eigenvalue weighted by atomic mass is 32.2. The topological polar surface area (TPSA) is 69.6 Å². The standard InChI is InChI=1S/C8H20N2O3S/c1-7(11)6-10(5)14(12,13)9-8(2,3)4/h7,9,11H,6H2,1-5H3. The highest BCUT2D eigenvalue weighted by Gasteiger charge is 2.24. The highest BCUT2D eigenvalue weighted by molar-refractivity contribution is 7.87. The van der Waals surface area contributed by atoms with Gasteiger partial charge in [0, 0.05) is 19.1 Å². The molecule has 0 aromatic carbocycles. The minimum atomic E-state index is -3.49. The zero-order valence-electron chi connectivity index (χ0n) is 9.40. The van der Waals surface area contributed by atoms with Crippen LogP contribution in [0, 0.1) is 0 Å². The van der Waals surface area contributed by atoms with Crippen LogP contribution >= 0.6 is 0 Å². The van der Waals surface area contributed by atoms with Crippen molar-refractivity contribution in [1.82, 2.24) is 9.03 Å². The molecule has 0 aromatic heterocycles. The van der Waals surface area contributed by atoms with Gasteiger partial charge in [-0.25, -0.2) is 0 Å². The monoisotopic (exact) mass is 224 g/mol. The van der Waals surface area contributed by atoms with Crippen molar-refractivity contribution in [2.24, 2.45) is 0 Å². The Morgan fingerprint density at radius 1 is 1.43 bits per heavy atom. The van der Waals surface area contributed by atoms with Crippen LogP contribution in [0.15, 0.2) is 0 Å². The Morgan fingerprint density at radius 3 is 2.14 bits per heavy atom. The molecular formula is C8H20N2O3S. The van der Waals surface area contributed by atoms with Crippen LogP contribution in [0.4, 0.5) is 0 Å². The third-order valence-electron chi connectivity index (χ3n) is 1.37. The molecule has 0 rings (SSSR count). The van der Waals surface area contributed by atoms with Gasteiger partial charge in [-0.2, -0.15) is 17.4 Å². The van der Waals surface area contributed by atoms with Crippen molar-refractivity contribution < 1.29 is 13.5 Å². The minimum absolute atomic E-state index is 0.0887. The van der Waals surface area contributed by atoms with Crippen LogP contribution in [0.25, 0.3) is 0 Å². The number of rotatable bonds is 4. The molecule has 0 saturated carbocycles. The molecule has 1 atom stereocenters. The first-order chi connectivity index (χ1) is 6.04. The number of aliphatic hydroxyl groups excluding tert-OH is 1. The summed E-state index contributed by atoms with van der Waals surface area (Å²) in [5.74, 6) is 0. The molecule has 1 unspecified atom stereocenters. The van der Waals surface area contributed by atoms with Crippen molar-refractivity contribution in [1.29, 1.82) is 0 Å². The van der Waals surface area contributed by atoms with Gasteiger partial charge in [0.25, 0.3) is 10.2 Å². The number of nitrogens with one attached hydrogen (secondary N) is 1. The fourth-order valence-electron chi connectivity index (χ4n) is 0.935. The molecule has 0 spiro atoms. The van der Waals surface area contributed by atoms with E-state index in [4.69, 9.17) is 5.11 Å². The van der Waals surface area contributed by atoms with Gasteiger partial charge in [-0.3, -0.25) is 0 Å². The lowest BCUT2D eigenvalue weighted by Crippen LogP contribution is -2.48. The van der Waals surface area contributed by atoms with Gasteiger partial charge in [-0.05, 0) is 27.7 Å². The van der Waals surface area contributed by atoms with Crippen molar-refractivity contribution in [2.45, 2.75) is 39.3 Å². The van der Waals surface area contributed by atoms with E-state index < -0.39 is 21.9 Å². The molecule has 2 N–H and O–H groups in total. The maximum Gasteiger partial charge on any atom is 0.279 e. The Morgan fingerprint density at radius 2 is 1.86 bits per heavy atom. The second kappa shape index (κ2) is 4.57. The summed E-state index contributed by atoms with van der Waals surface area (Å²) >= 11 is 0. The molecule has 0 aliphatic rings. The smallest absolute Gasteiger partial charge is 0.279 e. The largest absolute Gasteiger partial charge is 0.392 e. The number of aliphatic hydroxyl groups is 1. The maximum absolute atomic E-state index is 11.6. The first-order valence-electron chi connectivity index (χ1n) is 4.48. The van der Waals surface area contributed by atoms with Crippen LogP contribution in [-0.4, -0.2) is 43.1 Å². The molecule has 0 bridgehead atoms. The number of likely N-dealkylation sites (N-methyl/N-ethyl adjacent to an activating group) is 1. The number of nitrogens with zero attached hydrogens (tertiary/aromatic N) is 1. The molecule has 5 nitrogen and oxygen atoms in total. The Bertz CT molecular complexity index is 267. The number of hydrogen-bond acceptors (Lipinski definition) is 3. The van der Waals surface area contributed by atoms with Crippen LogP contribution in [-0.2, 0) is 10.2 Å². The van der Waals surface area contributed by atoms with Crippen molar-refractivity contribution in [3.63, 3.8) is 0 Å². The highest BCUT2D eigenvalue weighted by Crippen LogP contribution is 2.05. The predicted octanol–water partition coefficient (Wildman–Crippen LogP) is -0.0681. The lowest BCUT2D eigenvalue weighted by molar-refractivity contribution is 0.170. The Labute approximate surface area is 86.3 Å². The fraction of sp³-hybridized carbons (Fsp3) is 1.00. The van der Waals surface area contributed by atoms with Gasteiger partial charge in [0.1, 0.15) is 0 Å². The molecule has 0 aliphatic heterocycles. The van der Waals surface area contributed by atoms with Gasteiger partial charge in [0.15, 0.2) is 0 Å². The molecule has 0 heterocycles. The average Bonchev–Trinajstić information content (AvgIpc) is 1.78. The first-order valence-corrected chi connectivity index (χ1v) is 5.92. The summed E-state index contributed by atoms with van der Waals surface area (Å²) in [6.45, 7) is 6.93. The van der Waals surface area contributed by atoms with Crippen molar-refractivity contribution in [3.05, 3.63) is 0 Å².